The predicted molar refractivity (Wildman–Crippen MR) is 40.3 cm³/mol. The first-order valence-electron chi connectivity index (χ1n) is 3.74. The number of carbonyl (C=O) groups excluding carboxylic acids is 1. The van der Waals surface area contributed by atoms with Crippen LogP contribution in [0.1, 0.15) is 25.0 Å². The zero-order valence-corrected chi connectivity index (χ0v) is 6.54. The minimum Gasteiger partial charge on any atom is -0.446 e. The van der Waals surface area contributed by atoms with Gasteiger partial charge in [-0.05, 0) is 0 Å². The van der Waals surface area contributed by atoms with Crippen molar-refractivity contribution < 1.29 is 9.21 Å². The summed E-state index contributed by atoms with van der Waals surface area (Å²) in [7, 11) is 0. The highest BCUT2D eigenvalue weighted by molar-refractivity contribution is 5.49. The van der Waals surface area contributed by atoms with Gasteiger partial charge < -0.3 is 9.21 Å². The molecule has 0 amide bonds. The summed E-state index contributed by atoms with van der Waals surface area (Å²) in [4.78, 5) is 14.0. The van der Waals surface area contributed by atoms with Crippen molar-refractivity contribution in [3.05, 3.63) is 17.8 Å². The average Bonchev–Trinajstić information content (AvgIpc) is 2.48. The molecule has 0 aliphatic heterocycles. The van der Waals surface area contributed by atoms with Crippen LogP contribution in [0.25, 0.3) is 0 Å². The van der Waals surface area contributed by atoms with E-state index in [1.165, 1.54) is 0 Å². The lowest BCUT2D eigenvalue weighted by atomic mass is 10.3. The second-order valence-corrected chi connectivity index (χ2v) is 2.28. The molecule has 0 fully saturated rings. The molecule has 1 aromatic rings. The van der Waals surface area contributed by atoms with Gasteiger partial charge in [-0.25, -0.2) is 4.98 Å². The Hall–Kier alpha value is -1.12. The summed E-state index contributed by atoms with van der Waals surface area (Å²) in [6.07, 6.45) is 4.55. The van der Waals surface area contributed by atoms with E-state index < -0.39 is 0 Å². The van der Waals surface area contributed by atoms with Crippen LogP contribution >= 0.6 is 0 Å². The van der Waals surface area contributed by atoms with Gasteiger partial charge in [-0.1, -0.05) is 6.92 Å². The third-order valence-corrected chi connectivity index (χ3v) is 1.41. The van der Waals surface area contributed by atoms with E-state index in [4.69, 9.17) is 4.42 Å². The Balaban J connectivity index is 2.50. The van der Waals surface area contributed by atoms with Crippen molar-refractivity contribution in [2.24, 2.45) is 0 Å². The minimum atomic E-state index is 0.512. The van der Waals surface area contributed by atoms with Gasteiger partial charge in [0.15, 0.2) is 5.89 Å². The Morgan fingerprint density at radius 3 is 3.09 bits per heavy atom. The number of aryl methyl sites for hydroxylation is 2. The first-order valence-corrected chi connectivity index (χ1v) is 3.74. The first-order chi connectivity index (χ1) is 5.36. The molecule has 0 aliphatic carbocycles. The monoisotopic (exact) mass is 153 g/mol. The number of carbonyl (C=O) groups is 1. The molecule has 0 saturated carbocycles. The molecule has 1 heterocycles. The average molecular weight is 153 g/mol. The molecule has 0 aromatic carbocycles. The number of aldehydes is 1. The summed E-state index contributed by atoms with van der Waals surface area (Å²) in [6, 6.07) is 0. The maximum absolute atomic E-state index is 9.99. The Bertz CT molecular complexity index is 230. The second kappa shape index (κ2) is 3.91. The topological polar surface area (TPSA) is 43.1 Å². The molecule has 0 spiro atoms. The fourth-order valence-electron chi connectivity index (χ4n) is 0.828. The van der Waals surface area contributed by atoms with Crippen molar-refractivity contribution in [2.45, 2.75) is 26.2 Å². The summed E-state index contributed by atoms with van der Waals surface area (Å²) in [5, 5.41) is 0. The Kier molecular flexibility index (Phi) is 2.83. The highest BCUT2D eigenvalue weighted by atomic mass is 16.4. The van der Waals surface area contributed by atoms with Crippen molar-refractivity contribution in [1.29, 1.82) is 0 Å². The maximum atomic E-state index is 9.99. The Morgan fingerprint density at radius 2 is 2.55 bits per heavy atom. The van der Waals surface area contributed by atoms with Crippen molar-refractivity contribution in [3.63, 3.8) is 0 Å². The summed E-state index contributed by atoms with van der Waals surface area (Å²) in [5.74, 6) is 1.54. The summed E-state index contributed by atoms with van der Waals surface area (Å²) in [5.41, 5.74) is 0. The van der Waals surface area contributed by atoms with Gasteiger partial charge in [-0.2, -0.15) is 0 Å². The number of oxazole rings is 1. The fourth-order valence-corrected chi connectivity index (χ4v) is 0.828. The molecule has 0 saturated heterocycles. The van der Waals surface area contributed by atoms with Crippen LogP contribution in [0.4, 0.5) is 0 Å². The second-order valence-electron chi connectivity index (χ2n) is 2.28. The Labute approximate surface area is 65.4 Å². The third kappa shape index (κ3) is 2.18. The standard InChI is InChI=1S/C8H11NO2/c1-2-8-9-6-7(11-8)4-3-5-10/h5-6H,2-4H2,1H3. The molecule has 0 unspecified atom stereocenters. The van der Waals surface area contributed by atoms with E-state index in [-0.39, 0.29) is 0 Å². The van der Waals surface area contributed by atoms with Crippen molar-refractivity contribution >= 4 is 6.29 Å². The lowest BCUT2D eigenvalue weighted by molar-refractivity contribution is -0.107. The molecule has 0 bridgehead atoms. The van der Waals surface area contributed by atoms with Crippen LogP contribution in [0.15, 0.2) is 10.6 Å². The van der Waals surface area contributed by atoms with Crippen LogP contribution in [0, 0.1) is 0 Å². The van der Waals surface area contributed by atoms with Crippen molar-refractivity contribution in [3.8, 4) is 0 Å². The fraction of sp³-hybridized carbons (Fsp3) is 0.500. The van der Waals surface area contributed by atoms with E-state index >= 15 is 0 Å². The molecule has 3 nitrogen and oxygen atoms in total. The van der Waals surface area contributed by atoms with Crippen LogP contribution in [0.5, 0.6) is 0 Å². The van der Waals surface area contributed by atoms with Gasteiger partial charge in [0, 0.05) is 19.3 Å². The molecule has 0 atom stereocenters. The van der Waals surface area contributed by atoms with E-state index in [0.717, 1.165) is 24.4 Å². The number of nitrogens with zero attached hydrogens (tertiary/aromatic N) is 1. The van der Waals surface area contributed by atoms with Crippen LogP contribution in [-0.4, -0.2) is 11.3 Å². The molecular weight excluding hydrogens is 142 g/mol. The molecular formula is C8H11NO2. The first kappa shape index (κ1) is 7.98. The summed E-state index contributed by atoms with van der Waals surface area (Å²) in [6.45, 7) is 1.98. The molecule has 0 N–H and O–H groups in total. The number of aromatic nitrogens is 1. The smallest absolute Gasteiger partial charge is 0.194 e. The Morgan fingerprint density at radius 1 is 1.73 bits per heavy atom. The third-order valence-electron chi connectivity index (χ3n) is 1.41. The molecule has 60 valence electrons. The lowest BCUT2D eigenvalue weighted by Gasteiger charge is -1.87. The van der Waals surface area contributed by atoms with Crippen LogP contribution in [-0.2, 0) is 17.6 Å². The molecule has 0 radical (unpaired) electrons. The molecule has 3 heteroatoms. The minimum absolute atomic E-state index is 0.512. The van der Waals surface area contributed by atoms with Crippen LogP contribution < -0.4 is 0 Å². The van der Waals surface area contributed by atoms with E-state index in [2.05, 4.69) is 4.98 Å². The van der Waals surface area contributed by atoms with Gasteiger partial charge in [0.2, 0.25) is 0 Å². The SMILES string of the molecule is CCc1ncc(CCC=O)o1. The van der Waals surface area contributed by atoms with E-state index in [0.29, 0.717) is 12.8 Å². The predicted octanol–water partition coefficient (Wildman–Crippen LogP) is 1.37. The summed E-state index contributed by atoms with van der Waals surface area (Å²) >= 11 is 0. The van der Waals surface area contributed by atoms with Gasteiger partial charge in [-0.3, -0.25) is 0 Å². The van der Waals surface area contributed by atoms with Gasteiger partial charge in [0.05, 0.1) is 6.20 Å². The highest BCUT2D eigenvalue weighted by Crippen LogP contribution is 2.05. The zero-order valence-electron chi connectivity index (χ0n) is 6.54. The van der Waals surface area contributed by atoms with Crippen molar-refractivity contribution in [1.82, 2.24) is 4.98 Å². The molecule has 11 heavy (non-hydrogen) atoms. The highest BCUT2D eigenvalue weighted by Gasteiger charge is 1.99. The van der Waals surface area contributed by atoms with Gasteiger partial charge in [0.25, 0.3) is 0 Å². The summed E-state index contributed by atoms with van der Waals surface area (Å²) < 4.78 is 5.26. The largest absolute Gasteiger partial charge is 0.446 e. The van der Waals surface area contributed by atoms with Crippen LogP contribution in [0.2, 0.25) is 0 Å². The zero-order chi connectivity index (χ0) is 8.10. The van der Waals surface area contributed by atoms with Gasteiger partial charge in [0.1, 0.15) is 12.0 Å². The van der Waals surface area contributed by atoms with Crippen molar-refractivity contribution in [2.75, 3.05) is 0 Å². The van der Waals surface area contributed by atoms with E-state index in [1.54, 1.807) is 6.20 Å². The van der Waals surface area contributed by atoms with E-state index in [1.807, 2.05) is 6.92 Å². The number of rotatable bonds is 4. The molecule has 0 aliphatic rings. The molecule has 1 rings (SSSR count). The lowest BCUT2D eigenvalue weighted by Crippen LogP contribution is -1.81. The van der Waals surface area contributed by atoms with E-state index in [9.17, 15) is 4.79 Å². The quantitative estimate of drug-likeness (QED) is 0.613. The normalized spacial score (nSPS) is 9.91. The van der Waals surface area contributed by atoms with Gasteiger partial charge >= 0.3 is 0 Å². The number of hydrogen-bond acceptors (Lipinski definition) is 3. The van der Waals surface area contributed by atoms with Gasteiger partial charge in [-0.15, -0.1) is 0 Å². The maximum Gasteiger partial charge on any atom is 0.194 e. The number of hydrogen-bond donors (Lipinski definition) is 0. The molecule has 1 aromatic heterocycles. The van der Waals surface area contributed by atoms with Crippen LogP contribution in [0.3, 0.4) is 0 Å².